The van der Waals surface area contributed by atoms with Crippen LogP contribution in [0.2, 0.25) is 0 Å². The molecule has 0 radical (unpaired) electrons. The van der Waals surface area contributed by atoms with Gasteiger partial charge in [-0.25, -0.2) is 4.39 Å². The van der Waals surface area contributed by atoms with Gasteiger partial charge in [0.15, 0.2) is 5.78 Å². The first-order chi connectivity index (χ1) is 9.13. The average molecular weight is 323 g/mol. The third-order valence-corrected chi connectivity index (χ3v) is 3.26. The summed E-state index contributed by atoms with van der Waals surface area (Å²) in [6.07, 6.45) is 0. The standard InChI is InChI=1S/C15H12BrFO2/c1-2-19-11-6-3-5-10(9-11)15(18)14-12(16)7-4-8-13(14)17/h3-9H,2H2,1H3. The second-order valence-electron chi connectivity index (χ2n) is 3.89. The van der Waals surface area contributed by atoms with E-state index in [1.165, 1.54) is 6.07 Å². The molecular weight excluding hydrogens is 311 g/mol. The second kappa shape index (κ2) is 5.97. The third kappa shape index (κ3) is 3.01. The Labute approximate surface area is 119 Å². The molecule has 0 aliphatic heterocycles. The van der Waals surface area contributed by atoms with Crippen molar-refractivity contribution in [2.24, 2.45) is 0 Å². The number of benzene rings is 2. The lowest BCUT2D eigenvalue weighted by atomic mass is 10.0. The summed E-state index contributed by atoms with van der Waals surface area (Å²) >= 11 is 3.20. The number of rotatable bonds is 4. The molecule has 0 N–H and O–H groups in total. The Morgan fingerprint density at radius 3 is 2.68 bits per heavy atom. The molecule has 0 aliphatic carbocycles. The first kappa shape index (κ1) is 13.7. The number of carbonyl (C=O) groups is 1. The quantitative estimate of drug-likeness (QED) is 0.788. The maximum Gasteiger partial charge on any atom is 0.197 e. The van der Waals surface area contributed by atoms with Gasteiger partial charge in [0.25, 0.3) is 0 Å². The topological polar surface area (TPSA) is 26.3 Å². The summed E-state index contributed by atoms with van der Waals surface area (Å²) in [7, 11) is 0. The highest BCUT2D eigenvalue weighted by atomic mass is 79.9. The molecule has 0 aromatic heterocycles. The number of ether oxygens (including phenoxy) is 1. The van der Waals surface area contributed by atoms with Gasteiger partial charge < -0.3 is 4.74 Å². The fraction of sp³-hybridized carbons (Fsp3) is 0.133. The lowest BCUT2D eigenvalue weighted by molar-refractivity contribution is 0.103. The molecule has 0 spiro atoms. The minimum atomic E-state index is -0.541. The van der Waals surface area contributed by atoms with E-state index in [0.717, 1.165) is 0 Å². The van der Waals surface area contributed by atoms with E-state index in [0.29, 0.717) is 22.4 Å². The van der Waals surface area contributed by atoms with E-state index in [-0.39, 0.29) is 11.3 Å². The summed E-state index contributed by atoms with van der Waals surface area (Å²) in [5, 5.41) is 0. The summed E-state index contributed by atoms with van der Waals surface area (Å²) < 4.78 is 19.5. The fourth-order valence-corrected chi connectivity index (χ4v) is 2.27. The number of hydrogen-bond acceptors (Lipinski definition) is 2. The molecule has 0 saturated carbocycles. The van der Waals surface area contributed by atoms with Crippen molar-refractivity contribution in [3.8, 4) is 5.75 Å². The first-order valence-corrected chi connectivity index (χ1v) is 6.64. The van der Waals surface area contributed by atoms with E-state index < -0.39 is 5.82 Å². The van der Waals surface area contributed by atoms with Gasteiger partial charge in [-0.1, -0.05) is 18.2 Å². The van der Waals surface area contributed by atoms with Crippen LogP contribution in [-0.2, 0) is 0 Å². The van der Waals surface area contributed by atoms with E-state index in [2.05, 4.69) is 15.9 Å². The fourth-order valence-electron chi connectivity index (χ4n) is 1.75. The van der Waals surface area contributed by atoms with Crippen LogP contribution in [0.15, 0.2) is 46.9 Å². The number of ketones is 1. The number of halogens is 2. The van der Waals surface area contributed by atoms with E-state index in [4.69, 9.17) is 4.74 Å². The lowest BCUT2D eigenvalue weighted by Gasteiger charge is -2.07. The van der Waals surface area contributed by atoms with Gasteiger partial charge in [0.1, 0.15) is 11.6 Å². The van der Waals surface area contributed by atoms with Crippen LogP contribution >= 0.6 is 15.9 Å². The van der Waals surface area contributed by atoms with Gasteiger partial charge in [0, 0.05) is 10.0 Å². The molecule has 0 atom stereocenters. The maximum atomic E-state index is 13.8. The number of hydrogen-bond donors (Lipinski definition) is 0. The van der Waals surface area contributed by atoms with Crippen LogP contribution in [0.5, 0.6) is 5.75 Å². The Morgan fingerprint density at radius 2 is 2.00 bits per heavy atom. The summed E-state index contributed by atoms with van der Waals surface area (Å²) in [6.45, 7) is 2.38. The van der Waals surface area contributed by atoms with Crippen LogP contribution in [0.1, 0.15) is 22.8 Å². The molecule has 19 heavy (non-hydrogen) atoms. The van der Waals surface area contributed by atoms with Crippen molar-refractivity contribution in [2.75, 3.05) is 6.61 Å². The van der Waals surface area contributed by atoms with E-state index in [1.54, 1.807) is 36.4 Å². The van der Waals surface area contributed by atoms with Crippen molar-refractivity contribution in [2.45, 2.75) is 6.92 Å². The molecule has 2 aromatic rings. The minimum absolute atomic E-state index is 0.0381. The molecular formula is C15H12BrFO2. The zero-order valence-corrected chi connectivity index (χ0v) is 11.9. The molecule has 0 unspecified atom stereocenters. The third-order valence-electron chi connectivity index (χ3n) is 2.60. The lowest BCUT2D eigenvalue weighted by Crippen LogP contribution is -2.06. The molecule has 4 heteroatoms. The van der Waals surface area contributed by atoms with Crippen LogP contribution in [-0.4, -0.2) is 12.4 Å². The van der Waals surface area contributed by atoms with Crippen molar-refractivity contribution >= 4 is 21.7 Å². The summed E-state index contributed by atoms with van der Waals surface area (Å²) in [5.41, 5.74) is 0.438. The Balaban J connectivity index is 2.41. The van der Waals surface area contributed by atoms with Gasteiger partial charge in [0.2, 0.25) is 0 Å². The predicted octanol–water partition coefficient (Wildman–Crippen LogP) is 4.22. The first-order valence-electron chi connectivity index (χ1n) is 5.85. The SMILES string of the molecule is CCOc1cccc(C(=O)c2c(F)cccc2Br)c1. The van der Waals surface area contributed by atoms with Gasteiger partial charge >= 0.3 is 0 Å². The van der Waals surface area contributed by atoms with Crippen LogP contribution in [0.4, 0.5) is 4.39 Å². The van der Waals surface area contributed by atoms with Crippen molar-refractivity contribution in [3.63, 3.8) is 0 Å². The molecule has 2 aromatic carbocycles. The molecule has 0 amide bonds. The highest BCUT2D eigenvalue weighted by Gasteiger charge is 2.17. The van der Waals surface area contributed by atoms with E-state index >= 15 is 0 Å². The Bertz CT molecular complexity index is 591. The molecule has 0 saturated heterocycles. The summed E-state index contributed by atoms with van der Waals surface area (Å²) in [5.74, 6) is -0.312. The van der Waals surface area contributed by atoms with Gasteiger partial charge in [-0.2, -0.15) is 0 Å². The van der Waals surface area contributed by atoms with Crippen LogP contribution in [0, 0.1) is 5.82 Å². The van der Waals surface area contributed by atoms with E-state index in [9.17, 15) is 9.18 Å². The Morgan fingerprint density at radius 1 is 1.26 bits per heavy atom. The van der Waals surface area contributed by atoms with Crippen molar-refractivity contribution in [3.05, 3.63) is 63.9 Å². The molecule has 2 nitrogen and oxygen atoms in total. The monoisotopic (exact) mass is 322 g/mol. The maximum absolute atomic E-state index is 13.8. The van der Waals surface area contributed by atoms with Gasteiger partial charge in [-0.3, -0.25) is 4.79 Å². The highest BCUT2D eigenvalue weighted by molar-refractivity contribution is 9.10. The van der Waals surface area contributed by atoms with E-state index in [1.807, 2.05) is 6.92 Å². The smallest absolute Gasteiger partial charge is 0.197 e. The van der Waals surface area contributed by atoms with Crippen molar-refractivity contribution in [1.82, 2.24) is 0 Å². The Hall–Kier alpha value is -1.68. The number of carbonyl (C=O) groups excluding carboxylic acids is 1. The highest BCUT2D eigenvalue weighted by Crippen LogP contribution is 2.24. The van der Waals surface area contributed by atoms with Crippen molar-refractivity contribution in [1.29, 1.82) is 0 Å². The minimum Gasteiger partial charge on any atom is -0.494 e. The zero-order valence-electron chi connectivity index (χ0n) is 10.3. The largest absolute Gasteiger partial charge is 0.494 e. The molecule has 0 aliphatic rings. The molecule has 98 valence electrons. The molecule has 0 heterocycles. The molecule has 0 bridgehead atoms. The van der Waals surface area contributed by atoms with Crippen LogP contribution in [0.25, 0.3) is 0 Å². The van der Waals surface area contributed by atoms with Gasteiger partial charge in [-0.05, 0) is 47.1 Å². The van der Waals surface area contributed by atoms with Gasteiger partial charge in [0.05, 0.1) is 12.2 Å². The van der Waals surface area contributed by atoms with Crippen LogP contribution < -0.4 is 4.74 Å². The second-order valence-corrected chi connectivity index (χ2v) is 4.74. The predicted molar refractivity (Wildman–Crippen MR) is 75.1 cm³/mol. The van der Waals surface area contributed by atoms with Crippen molar-refractivity contribution < 1.29 is 13.9 Å². The summed E-state index contributed by atoms with van der Waals surface area (Å²) in [6, 6.07) is 11.2. The summed E-state index contributed by atoms with van der Waals surface area (Å²) in [4.78, 5) is 12.3. The molecule has 0 fully saturated rings. The van der Waals surface area contributed by atoms with Gasteiger partial charge in [-0.15, -0.1) is 0 Å². The normalized spacial score (nSPS) is 10.3. The average Bonchev–Trinajstić information content (AvgIpc) is 2.39. The Kier molecular flexibility index (Phi) is 4.32. The van der Waals surface area contributed by atoms with Crippen LogP contribution in [0.3, 0.4) is 0 Å². The molecule has 2 rings (SSSR count). The zero-order chi connectivity index (χ0) is 13.8.